The number of aromatic amines is 1. The van der Waals surface area contributed by atoms with Gasteiger partial charge in [0.2, 0.25) is 0 Å². The molecule has 4 rings (SSSR count). The molecule has 15 heteroatoms. The minimum absolute atomic E-state index is 0.239. The van der Waals surface area contributed by atoms with Gasteiger partial charge >= 0.3 is 7.82 Å². The molecule has 1 saturated heterocycles. The first-order valence-corrected chi connectivity index (χ1v) is 11.1. The normalized spacial score (nSPS) is 22.8. The molecule has 180 valence electrons. The Labute approximate surface area is 186 Å². The Balaban J connectivity index is 0.000000196. The zero-order chi connectivity index (χ0) is 24.2. The van der Waals surface area contributed by atoms with Crippen LogP contribution in [0.1, 0.15) is 11.1 Å². The van der Waals surface area contributed by atoms with E-state index in [1.54, 1.807) is 12.4 Å². The number of aliphatic hydroxyl groups excluding tert-OH is 3. The number of nitrogens with one attached hydrogen (secondary N) is 2. The number of phosphoric ester groups is 1. The highest BCUT2D eigenvalue weighted by Gasteiger charge is 2.42. The van der Waals surface area contributed by atoms with Gasteiger partial charge in [-0.25, -0.2) is 23.9 Å². The van der Waals surface area contributed by atoms with Gasteiger partial charge in [-0.05, 0) is 30.2 Å². The molecule has 3 heterocycles. The van der Waals surface area contributed by atoms with Crippen LogP contribution in [0.15, 0.2) is 30.9 Å². The van der Waals surface area contributed by atoms with Gasteiger partial charge in [0, 0.05) is 6.54 Å². The number of aromatic nitrogens is 4. The average Bonchev–Trinajstić information content (AvgIpc) is 3.34. The predicted octanol–water partition coefficient (Wildman–Crippen LogP) is -0.0528. The minimum Gasteiger partial charge on any atom is -0.387 e. The van der Waals surface area contributed by atoms with Crippen molar-refractivity contribution in [3.05, 3.63) is 47.8 Å². The topological polar surface area (TPSA) is 203 Å². The third kappa shape index (κ3) is 6.72. The molecule has 1 aliphatic heterocycles. The summed E-state index contributed by atoms with van der Waals surface area (Å²) in [5.74, 6) is 0.419. The number of nitrogens with zero attached hydrogens (tertiary/aromatic N) is 3. The van der Waals surface area contributed by atoms with Crippen LogP contribution in [-0.4, -0.2) is 76.3 Å². The van der Waals surface area contributed by atoms with Crippen molar-refractivity contribution in [2.75, 3.05) is 11.9 Å². The van der Waals surface area contributed by atoms with Crippen LogP contribution in [0.25, 0.3) is 11.2 Å². The molecule has 13 nitrogen and oxygen atoms in total. The molecule has 1 unspecified atom stereocenters. The molecule has 0 aliphatic carbocycles. The first kappa shape index (κ1) is 25.1. The lowest BCUT2D eigenvalue weighted by atomic mass is 10.1. The Kier molecular flexibility index (Phi) is 8.05. The molecule has 1 aromatic carbocycles. The molecular formula is C18H23FN5O8P. The Morgan fingerprint density at radius 2 is 1.97 bits per heavy atom. The highest BCUT2D eigenvalue weighted by molar-refractivity contribution is 7.46. The summed E-state index contributed by atoms with van der Waals surface area (Å²) in [5, 5.41) is 30.2. The summed E-state index contributed by atoms with van der Waals surface area (Å²) in [5.41, 5.74) is 3.28. The Hall–Kier alpha value is -2.55. The fraction of sp³-hybridized carbons (Fsp3) is 0.389. The monoisotopic (exact) mass is 487 g/mol. The number of anilines is 1. The average molecular weight is 487 g/mol. The van der Waals surface area contributed by atoms with E-state index in [0.29, 0.717) is 18.0 Å². The molecule has 4 atom stereocenters. The number of fused-ring (bicyclic) bond motifs is 1. The molecule has 1 fully saturated rings. The van der Waals surface area contributed by atoms with E-state index in [-0.39, 0.29) is 5.82 Å². The number of halogens is 1. The first-order valence-electron chi connectivity index (χ1n) is 9.58. The van der Waals surface area contributed by atoms with E-state index in [4.69, 9.17) is 25.1 Å². The van der Waals surface area contributed by atoms with E-state index in [0.717, 1.165) is 16.6 Å². The smallest absolute Gasteiger partial charge is 0.387 e. The van der Waals surface area contributed by atoms with E-state index >= 15 is 0 Å². The van der Waals surface area contributed by atoms with Gasteiger partial charge in [-0.1, -0.05) is 6.07 Å². The van der Waals surface area contributed by atoms with Crippen molar-refractivity contribution >= 4 is 24.8 Å². The number of benzene rings is 1. The molecule has 33 heavy (non-hydrogen) atoms. The maximum absolute atomic E-state index is 13.2. The van der Waals surface area contributed by atoms with E-state index in [9.17, 15) is 8.96 Å². The van der Waals surface area contributed by atoms with Gasteiger partial charge < -0.3 is 40.1 Å². The van der Waals surface area contributed by atoms with Crippen molar-refractivity contribution in [2.45, 2.75) is 38.1 Å². The molecule has 3 aromatic rings. The molecule has 0 bridgehead atoms. The lowest BCUT2D eigenvalue weighted by molar-refractivity contribution is -0.132. The zero-order valence-electron chi connectivity index (χ0n) is 17.2. The van der Waals surface area contributed by atoms with Gasteiger partial charge in [-0.3, -0.25) is 4.52 Å². The molecule has 0 amide bonds. The summed E-state index contributed by atoms with van der Waals surface area (Å²) in [7, 11) is -4.64. The Morgan fingerprint density at radius 1 is 1.21 bits per heavy atom. The number of aliphatic hydroxyl groups is 3. The molecule has 0 saturated carbocycles. The quantitative estimate of drug-likeness (QED) is 0.229. The number of H-pyrrole nitrogens is 1. The number of hydrogen-bond donors (Lipinski definition) is 7. The number of phosphoric acid groups is 1. The second-order valence-corrected chi connectivity index (χ2v) is 8.32. The molecular weight excluding hydrogens is 464 g/mol. The van der Waals surface area contributed by atoms with Gasteiger partial charge in [-0.15, -0.1) is 0 Å². The summed E-state index contributed by atoms with van der Waals surface area (Å²) in [6.45, 7) is 1.83. The van der Waals surface area contributed by atoms with E-state index in [1.165, 1.54) is 18.5 Å². The van der Waals surface area contributed by atoms with Crippen molar-refractivity contribution in [1.29, 1.82) is 0 Å². The fourth-order valence-electron chi connectivity index (χ4n) is 2.95. The van der Waals surface area contributed by atoms with Crippen LogP contribution >= 0.6 is 7.82 Å². The third-order valence-corrected chi connectivity index (χ3v) is 5.21. The number of aryl methyl sites for hydroxylation is 1. The van der Waals surface area contributed by atoms with Crippen LogP contribution in [0.2, 0.25) is 0 Å². The summed E-state index contributed by atoms with van der Waals surface area (Å²) in [4.78, 5) is 31.9. The van der Waals surface area contributed by atoms with Crippen LogP contribution in [-0.2, 0) is 20.4 Å². The highest BCUT2D eigenvalue weighted by atomic mass is 31.2. The summed E-state index contributed by atoms with van der Waals surface area (Å²) in [6, 6.07) is 4.74. The standard InChI is InChI=1S/C13H12FN5.C5H11O8P/c1-8-2-3-10(14)4-9(8)5-15-12-11-13(17-6-16-11)19-7-18-12;6-3-2(1-12-14(9,10)11)13-5(8)4(3)7/h2-4,6-7H,5H2,1H3,(H2,15,16,17,18,19);2-8H,1H2,(H2,9,10,11)/t;2-,3-,4-,5?/m.1/s1. The van der Waals surface area contributed by atoms with Crippen LogP contribution in [0.3, 0.4) is 0 Å². The van der Waals surface area contributed by atoms with Crippen LogP contribution in [0.4, 0.5) is 10.2 Å². The predicted molar refractivity (Wildman–Crippen MR) is 111 cm³/mol. The highest BCUT2D eigenvalue weighted by Crippen LogP contribution is 2.37. The largest absolute Gasteiger partial charge is 0.469 e. The first-order chi connectivity index (χ1) is 15.5. The van der Waals surface area contributed by atoms with Crippen LogP contribution < -0.4 is 5.32 Å². The van der Waals surface area contributed by atoms with E-state index < -0.39 is 39.0 Å². The van der Waals surface area contributed by atoms with Crippen molar-refractivity contribution < 1.29 is 43.3 Å². The van der Waals surface area contributed by atoms with Gasteiger partial charge in [0.15, 0.2) is 17.8 Å². The number of rotatable bonds is 6. The molecule has 1 aliphatic rings. The molecule has 7 N–H and O–H groups in total. The summed E-state index contributed by atoms with van der Waals surface area (Å²) >= 11 is 0. The van der Waals surface area contributed by atoms with Crippen molar-refractivity contribution in [2.24, 2.45) is 0 Å². The fourth-order valence-corrected chi connectivity index (χ4v) is 3.29. The lowest BCUT2D eigenvalue weighted by Gasteiger charge is -2.14. The van der Waals surface area contributed by atoms with Crippen molar-refractivity contribution in [3.63, 3.8) is 0 Å². The second kappa shape index (κ2) is 10.6. The summed E-state index contributed by atoms with van der Waals surface area (Å²) < 4.78 is 32.1. The third-order valence-electron chi connectivity index (χ3n) is 4.72. The van der Waals surface area contributed by atoms with Crippen LogP contribution in [0, 0.1) is 12.7 Å². The van der Waals surface area contributed by atoms with Crippen molar-refractivity contribution in [1.82, 2.24) is 19.9 Å². The molecule has 2 aromatic heterocycles. The Morgan fingerprint density at radius 3 is 2.64 bits per heavy atom. The number of hydrogen-bond acceptors (Lipinski definition) is 10. The van der Waals surface area contributed by atoms with E-state index in [1.807, 2.05) is 6.92 Å². The maximum Gasteiger partial charge on any atom is 0.469 e. The molecule has 0 radical (unpaired) electrons. The van der Waals surface area contributed by atoms with Gasteiger partial charge in [0.05, 0.1) is 12.9 Å². The minimum atomic E-state index is -4.64. The maximum atomic E-state index is 13.2. The number of imidazole rings is 1. The van der Waals surface area contributed by atoms with Gasteiger partial charge in [-0.2, -0.15) is 0 Å². The second-order valence-electron chi connectivity index (χ2n) is 7.08. The molecule has 0 spiro atoms. The van der Waals surface area contributed by atoms with Crippen LogP contribution in [0.5, 0.6) is 0 Å². The SMILES string of the molecule is Cc1ccc(F)cc1CNc1ncnc2nc[nH]c12.O=P(O)(O)OC[C@H]1OC(O)[C@H](O)[C@@H]1O. The lowest BCUT2D eigenvalue weighted by Crippen LogP contribution is -2.34. The van der Waals surface area contributed by atoms with Crippen molar-refractivity contribution in [3.8, 4) is 0 Å². The van der Waals surface area contributed by atoms with Gasteiger partial charge in [0.1, 0.15) is 36.0 Å². The zero-order valence-corrected chi connectivity index (χ0v) is 18.1. The van der Waals surface area contributed by atoms with Gasteiger partial charge in [0.25, 0.3) is 0 Å². The number of ether oxygens (including phenoxy) is 1. The van der Waals surface area contributed by atoms with E-state index in [2.05, 4.69) is 34.5 Å². The summed E-state index contributed by atoms with van der Waals surface area (Å²) in [6.07, 6.45) is -2.65. The Bertz CT molecular complexity index is 1130.